The third-order valence-corrected chi connectivity index (χ3v) is 5.36. The van der Waals surface area contributed by atoms with Gasteiger partial charge < -0.3 is 15.2 Å². The van der Waals surface area contributed by atoms with Crippen LogP contribution in [0, 0.1) is 5.82 Å². The van der Waals surface area contributed by atoms with Gasteiger partial charge in [0.15, 0.2) is 5.75 Å². The maximum atomic E-state index is 13.4. The maximum Gasteiger partial charge on any atom is 0.173 e. The number of hydrogen-bond donors (Lipinski definition) is 2. The van der Waals surface area contributed by atoms with Crippen molar-refractivity contribution in [3.8, 4) is 22.8 Å². The Morgan fingerprint density at radius 2 is 1.82 bits per heavy atom. The Bertz CT molecular complexity index is 1280. The number of rotatable bonds is 7. The topological polar surface area (TPSA) is 85.1 Å². The second-order valence-electron chi connectivity index (χ2n) is 8.65. The molecule has 0 spiro atoms. The van der Waals surface area contributed by atoms with E-state index in [1.165, 1.54) is 12.1 Å². The number of pyridine rings is 2. The predicted octanol–water partition coefficient (Wildman–Crippen LogP) is 5.58. The number of nitrogens with zero attached hydrogens (tertiary/aromatic N) is 4. The monoisotopic (exact) mass is 445 g/mol. The minimum Gasteiger partial charge on any atom is -0.453 e. The van der Waals surface area contributed by atoms with E-state index in [2.05, 4.69) is 15.3 Å². The molecule has 33 heavy (non-hydrogen) atoms. The Balaban J connectivity index is 1.41. The fraction of sp³-hybridized carbons (Fsp3) is 0.240. The number of halogens is 1. The average molecular weight is 445 g/mol. The Morgan fingerprint density at radius 1 is 1.06 bits per heavy atom. The Labute approximate surface area is 190 Å². The van der Waals surface area contributed by atoms with Crippen molar-refractivity contribution in [1.82, 2.24) is 19.7 Å². The van der Waals surface area contributed by atoms with Crippen LogP contribution in [0.2, 0.25) is 0 Å². The summed E-state index contributed by atoms with van der Waals surface area (Å²) in [7, 11) is 0. The maximum absolute atomic E-state index is 13.4. The van der Waals surface area contributed by atoms with Gasteiger partial charge in [-0.25, -0.2) is 9.37 Å². The molecule has 1 aliphatic rings. The Morgan fingerprint density at radius 3 is 2.55 bits per heavy atom. The summed E-state index contributed by atoms with van der Waals surface area (Å²) in [5.74, 6) is 1.47. The molecule has 0 atom stereocenters. The van der Waals surface area contributed by atoms with Gasteiger partial charge in [-0.2, -0.15) is 5.10 Å². The highest BCUT2D eigenvalue weighted by atomic mass is 19.1. The first kappa shape index (κ1) is 21.1. The highest BCUT2D eigenvalue weighted by Crippen LogP contribution is 2.40. The number of ether oxygens (including phenoxy) is 1. The van der Waals surface area contributed by atoms with Crippen LogP contribution in [-0.2, 0) is 5.60 Å². The second-order valence-corrected chi connectivity index (χ2v) is 8.65. The predicted molar refractivity (Wildman–Crippen MR) is 123 cm³/mol. The van der Waals surface area contributed by atoms with Gasteiger partial charge in [-0.05, 0) is 69.2 Å². The van der Waals surface area contributed by atoms with Crippen molar-refractivity contribution >= 4 is 11.5 Å². The summed E-state index contributed by atoms with van der Waals surface area (Å²) in [5.41, 5.74) is 1.71. The quantitative estimate of drug-likeness (QED) is 0.386. The van der Waals surface area contributed by atoms with Crippen LogP contribution in [-0.4, -0.2) is 24.9 Å². The van der Waals surface area contributed by atoms with Gasteiger partial charge in [-0.1, -0.05) is 0 Å². The van der Waals surface area contributed by atoms with E-state index in [0.29, 0.717) is 34.7 Å². The van der Waals surface area contributed by atoms with Crippen molar-refractivity contribution in [2.45, 2.75) is 38.3 Å². The lowest BCUT2D eigenvalue weighted by Gasteiger charge is -2.17. The lowest BCUT2D eigenvalue weighted by Crippen LogP contribution is -2.17. The van der Waals surface area contributed by atoms with Gasteiger partial charge in [-0.15, -0.1) is 0 Å². The van der Waals surface area contributed by atoms with Crippen molar-refractivity contribution in [3.05, 3.63) is 78.6 Å². The van der Waals surface area contributed by atoms with E-state index in [4.69, 9.17) is 9.84 Å². The molecule has 5 rings (SSSR count). The molecular weight excluding hydrogens is 421 g/mol. The van der Waals surface area contributed by atoms with Crippen LogP contribution in [0.4, 0.5) is 15.9 Å². The lowest BCUT2D eigenvalue weighted by atomic mass is 10.0. The molecule has 3 heterocycles. The minimum atomic E-state index is -1.05. The number of hydrogen-bond acceptors (Lipinski definition) is 6. The number of aliphatic hydroxyl groups is 1. The molecule has 0 radical (unpaired) electrons. The Kier molecular flexibility index (Phi) is 5.30. The van der Waals surface area contributed by atoms with Crippen molar-refractivity contribution in [1.29, 1.82) is 0 Å². The molecule has 7 nitrogen and oxygen atoms in total. The van der Waals surface area contributed by atoms with Crippen LogP contribution in [0.5, 0.6) is 11.5 Å². The van der Waals surface area contributed by atoms with Gasteiger partial charge in [0, 0.05) is 29.7 Å². The summed E-state index contributed by atoms with van der Waals surface area (Å²) in [4.78, 5) is 8.59. The first-order valence-corrected chi connectivity index (χ1v) is 10.8. The van der Waals surface area contributed by atoms with E-state index in [1.54, 1.807) is 62.6 Å². The molecule has 0 aliphatic heterocycles. The van der Waals surface area contributed by atoms with Crippen molar-refractivity contribution in [2.24, 2.45) is 0 Å². The molecule has 3 aromatic heterocycles. The summed E-state index contributed by atoms with van der Waals surface area (Å²) < 4.78 is 21.5. The normalized spacial score (nSPS) is 13.7. The first-order valence-electron chi connectivity index (χ1n) is 10.8. The third kappa shape index (κ3) is 4.85. The van der Waals surface area contributed by atoms with Crippen LogP contribution in [0.3, 0.4) is 0 Å². The van der Waals surface area contributed by atoms with E-state index < -0.39 is 5.60 Å². The molecule has 8 heteroatoms. The van der Waals surface area contributed by atoms with Gasteiger partial charge >= 0.3 is 0 Å². The zero-order chi connectivity index (χ0) is 23.0. The number of nitrogens with one attached hydrogen (secondary N) is 1. The van der Waals surface area contributed by atoms with Crippen LogP contribution >= 0.6 is 0 Å². The van der Waals surface area contributed by atoms with E-state index in [-0.39, 0.29) is 5.82 Å². The van der Waals surface area contributed by atoms with Crippen LogP contribution in [0.1, 0.15) is 38.4 Å². The summed E-state index contributed by atoms with van der Waals surface area (Å²) in [6.45, 7) is 3.37. The molecule has 0 bridgehead atoms. The molecule has 1 fully saturated rings. The van der Waals surface area contributed by atoms with Gasteiger partial charge in [0.05, 0.1) is 17.9 Å². The molecule has 0 saturated heterocycles. The lowest BCUT2D eigenvalue weighted by molar-refractivity contribution is 0.0739. The Hall–Kier alpha value is -3.78. The fourth-order valence-electron chi connectivity index (χ4n) is 3.44. The van der Waals surface area contributed by atoms with E-state index >= 15 is 0 Å². The number of anilines is 2. The van der Waals surface area contributed by atoms with Crippen molar-refractivity contribution in [3.63, 3.8) is 0 Å². The molecule has 168 valence electrons. The van der Waals surface area contributed by atoms with Crippen molar-refractivity contribution < 1.29 is 14.2 Å². The third-order valence-electron chi connectivity index (χ3n) is 5.36. The number of benzene rings is 1. The molecular formula is C25H24FN5O2. The smallest absolute Gasteiger partial charge is 0.173 e. The molecule has 1 aliphatic carbocycles. The van der Waals surface area contributed by atoms with Crippen LogP contribution in [0.15, 0.2) is 67.1 Å². The van der Waals surface area contributed by atoms with E-state index in [0.717, 1.165) is 24.1 Å². The molecule has 0 amide bonds. The van der Waals surface area contributed by atoms with Gasteiger partial charge in [0.2, 0.25) is 0 Å². The highest BCUT2D eigenvalue weighted by molar-refractivity contribution is 5.66. The second kappa shape index (κ2) is 8.29. The van der Waals surface area contributed by atoms with Crippen molar-refractivity contribution in [2.75, 3.05) is 5.32 Å². The largest absolute Gasteiger partial charge is 0.453 e. The molecule has 4 aromatic rings. The summed E-state index contributed by atoms with van der Waals surface area (Å²) in [5, 5.41) is 18.1. The average Bonchev–Trinajstić information content (AvgIpc) is 3.55. The zero-order valence-electron chi connectivity index (χ0n) is 18.4. The van der Waals surface area contributed by atoms with Crippen LogP contribution < -0.4 is 10.1 Å². The summed E-state index contributed by atoms with van der Waals surface area (Å²) in [6, 6.07) is 13.7. The summed E-state index contributed by atoms with van der Waals surface area (Å²) >= 11 is 0. The highest BCUT2D eigenvalue weighted by Gasteiger charge is 2.27. The fourth-order valence-corrected chi connectivity index (χ4v) is 3.44. The summed E-state index contributed by atoms with van der Waals surface area (Å²) in [6.07, 6.45) is 7.36. The number of aromatic nitrogens is 4. The molecule has 0 unspecified atom stereocenters. The van der Waals surface area contributed by atoms with E-state index in [9.17, 15) is 9.50 Å². The van der Waals surface area contributed by atoms with Crippen LogP contribution in [0.25, 0.3) is 11.3 Å². The molecule has 1 saturated carbocycles. The molecule has 2 N–H and O–H groups in total. The van der Waals surface area contributed by atoms with Gasteiger partial charge in [0.1, 0.15) is 28.7 Å². The zero-order valence-corrected chi connectivity index (χ0v) is 18.4. The minimum absolute atomic E-state index is 0.295. The standard InChI is InChI=1S/C25H24FN5O2/c1-25(2,32)22-13-18(9-11-27-22)29-23-14-20(10-12-28-23)33-21-15-31(19-7-8-19)30-24(21)16-3-5-17(26)6-4-16/h3-6,9-15,19,32H,7-8H2,1-2H3,(H,27,28,29). The van der Waals surface area contributed by atoms with Gasteiger partial charge in [0.25, 0.3) is 0 Å². The van der Waals surface area contributed by atoms with E-state index in [1.807, 2.05) is 10.9 Å². The first-order chi connectivity index (χ1) is 15.8. The SMILES string of the molecule is CC(C)(O)c1cc(Nc2cc(Oc3cn(C4CC4)nc3-c3ccc(F)cc3)ccn2)ccn1. The molecule has 1 aromatic carbocycles. The van der Waals surface area contributed by atoms with Gasteiger partial charge in [-0.3, -0.25) is 9.67 Å².